The fourth-order valence-electron chi connectivity index (χ4n) is 2.93. The Morgan fingerprint density at radius 2 is 1.87 bits per heavy atom. The minimum atomic E-state index is -0.878. The standard InChI is InChI=1S/C22H32N2O6/c1-15(2)18(20(26)29-13-16-9-7-6-8-10-16)23-19(25)17-14-28-12-11-24(17)21(27)30-22(3,4)5/h6-10,15,17-18H,11-14H2,1-5H3,(H,23,25)/t17?,18-/m0/s1. The van der Waals surface area contributed by atoms with Crippen LogP contribution < -0.4 is 5.32 Å². The van der Waals surface area contributed by atoms with E-state index in [1.54, 1.807) is 20.8 Å². The summed E-state index contributed by atoms with van der Waals surface area (Å²) in [7, 11) is 0. The van der Waals surface area contributed by atoms with Crippen molar-refractivity contribution in [3.63, 3.8) is 0 Å². The summed E-state index contributed by atoms with van der Waals surface area (Å²) >= 11 is 0. The lowest BCUT2D eigenvalue weighted by Gasteiger charge is -2.36. The predicted octanol–water partition coefficient (Wildman–Crippen LogP) is 2.51. The summed E-state index contributed by atoms with van der Waals surface area (Å²) in [5.41, 5.74) is 0.175. The second-order valence-corrected chi connectivity index (χ2v) is 8.59. The van der Waals surface area contributed by atoms with Crippen LogP contribution in [0, 0.1) is 5.92 Å². The van der Waals surface area contributed by atoms with Crippen LogP contribution in [-0.4, -0.2) is 60.3 Å². The number of carbonyl (C=O) groups excluding carboxylic acids is 3. The van der Waals surface area contributed by atoms with Crippen LogP contribution in [0.15, 0.2) is 30.3 Å². The number of nitrogens with one attached hydrogen (secondary N) is 1. The lowest BCUT2D eigenvalue weighted by Crippen LogP contribution is -2.59. The number of nitrogens with zero attached hydrogens (tertiary/aromatic N) is 1. The van der Waals surface area contributed by atoms with Gasteiger partial charge in [0, 0.05) is 6.54 Å². The van der Waals surface area contributed by atoms with E-state index in [2.05, 4.69) is 5.32 Å². The van der Waals surface area contributed by atoms with Crippen molar-refractivity contribution in [2.75, 3.05) is 19.8 Å². The summed E-state index contributed by atoms with van der Waals surface area (Å²) in [5, 5.41) is 2.73. The van der Waals surface area contributed by atoms with Crippen molar-refractivity contribution in [3.05, 3.63) is 35.9 Å². The van der Waals surface area contributed by atoms with Crippen molar-refractivity contribution in [3.8, 4) is 0 Å². The molecule has 8 nitrogen and oxygen atoms in total. The van der Waals surface area contributed by atoms with Gasteiger partial charge in [-0.2, -0.15) is 0 Å². The Kier molecular flexibility index (Phi) is 8.23. The van der Waals surface area contributed by atoms with Crippen molar-refractivity contribution in [1.82, 2.24) is 10.2 Å². The molecule has 1 aromatic carbocycles. The molecule has 0 saturated carbocycles. The van der Waals surface area contributed by atoms with Crippen molar-refractivity contribution < 1.29 is 28.6 Å². The van der Waals surface area contributed by atoms with Crippen LogP contribution in [0.2, 0.25) is 0 Å². The molecular formula is C22H32N2O6. The van der Waals surface area contributed by atoms with E-state index in [4.69, 9.17) is 14.2 Å². The Bertz CT molecular complexity index is 729. The highest BCUT2D eigenvalue weighted by Crippen LogP contribution is 2.16. The number of carbonyl (C=O) groups is 3. The maximum absolute atomic E-state index is 12.9. The van der Waals surface area contributed by atoms with E-state index < -0.39 is 35.7 Å². The molecule has 2 atom stereocenters. The zero-order valence-corrected chi connectivity index (χ0v) is 18.3. The van der Waals surface area contributed by atoms with Gasteiger partial charge in [0.15, 0.2) is 0 Å². The molecule has 1 fully saturated rings. The molecule has 1 saturated heterocycles. The average molecular weight is 421 g/mol. The van der Waals surface area contributed by atoms with Crippen molar-refractivity contribution >= 4 is 18.0 Å². The van der Waals surface area contributed by atoms with E-state index in [1.807, 2.05) is 44.2 Å². The van der Waals surface area contributed by atoms with Crippen molar-refractivity contribution in [2.24, 2.45) is 5.92 Å². The molecule has 1 aliphatic heterocycles. The van der Waals surface area contributed by atoms with Gasteiger partial charge in [0.05, 0.1) is 13.2 Å². The maximum Gasteiger partial charge on any atom is 0.411 e. The topological polar surface area (TPSA) is 94.2 Å². The SMILES string of the molecule is CC(C)[C@H](NC(=O)C1COCCN1C(=O)OC(C)(C)C)C(=O)OCc1ccccc1. The molecule has 8 heteroatoms. The largest absolute Gasteiger partial charge is 0.459 e. The third kappa shape index (κ3) is 7.02. The third-order valence-electron chi connectivity index (χ3n) is 4.50. The second-order valence-electron chi connectivity index (χ2n) is 8.59. The Hall–Kier alpha value is -2.61. The second kappa shape index (κ2) is 10.4. The molecule has 2 amide bonds. The van der Waals surface area contributed by atoms with Gasteiger partial charge in [-0.05, 0) is 32.3 Å². The third-order valence-corrected chi connectivity index (χ3v) is 4.50. The number of ether oxygens (including phenoxy) is 3. The summed E-state index contributed by atoms with van der Waals surface area (Å²) in [6.07, 6.45) is -0.585. The number of esters is 1. The zero-order valence-electron chi connectivity index (χ0n) is 18.3. The molecule has 0 aromatic heterocycles. The minimum absolute atomic E-state index is 0.0367. The highest BCUT2D eigenvalue weighted by atomic mass is 16.6. The number of morpholine rings is 1. The predicted molar refractivity (Wildman–Crippen MR) is 111 cm³/mol. The highest BCUT2D eigenvalue weighted by molar-refractivity contribution is 5.90. The van der Waals surface area contributed by atoms with E-state index in [0.717, 1.165) is 5.56 Å². The fourth-order valence-corrected chi connectivity index (χ4v) is 2.93. The van der Waals surface area contributed by atoms with Crippen molar-refractivity contribution in [1.29, 1.82) is 0 Å². The molecule has 166 valence electrons. The number of hydrogen-bond acceptors (Lipinski definition) is 6. The molecule has 1 unspecified atom stereocenters. The molecule has 0 radical (unpaired) electrons. The first kappa shape index (κ1) is 23.7. The van der Waals surface area contributed by atoms with Gasteiger partial charge >= 0.3 is 12.1 Å². The summed E-state index contributed by atoms with van der Waals surface area (Å²) < 4.78 is 16.2. The average Bonchev–Trinajstić information content (AvgIpc) is 2.69. The quantitative estimate of drug-likeness (QED) is 0.711. The van der Waals surface area contributed by atoms with Gasteiger partial charge in [-0.1, -0.05) is 44.2 Å². The normalized spacial score (nSPS) is 17.9. The van der Waals surface area contributed by atoms with Crippen molar-refractivity contribution in [2.45, 2.75) is 58.9 Å². The Balaban J connectivity index is 2.02. The lowest BCUT2D eigenvalue weighted by molar-refractivity contribution is -0.151. The van der Waals surface area contributed by atoms with E-state index >= 15 is 0 Å². The van der Waals surface area contributed by atoms with Crippen LogP contribution in [0.1, 0.15) is 40.2 Å². The lowest BCUT2D eigenvalue weighted by atomic mass is 10.0. The van der Waals surface area contributed by atoms with E-state index in [9.17, 15) is 14.4 Å². The van der Waals surface area contributed by atoms with Gasteiger partial charge < -0.3 is 19.5 Å². The first-order valence-corrected chi connectivity index (χ1v) is 10.2. The molecule has 0 aliphatic carbocycles. The van der Waals surface area contributed by atoms with Crippen LogP contribution in [-0.2, 0) is 30.4 Å². The first-order chi connectivity index (χ1) is 14.1. The van der Waals surface area contributed by atoms with Gasteiger partial charge in [0.2, 0.25) is 5.91 Å². The first-order valence-electron chi connectivity index (χ1n) is 10.2. The molecule has 0 spiro atoms. The molecule has 1 aromatic rings. The molecule has 0 bridgehead atoms. The Morgan fingerprint density at radius 1 is 1.20 bits per heavy atom. The smallest absolute Gasteiger partial charge is 0.411 e. The molecule has 1 aliphatic rings. The van der Waals surface area contributed by atoms with Crippen LogP contribution in [0.25, 0.3) is 0 Å². The van der Waals surface area contributed by atoms with E-state index in [1.165, 1.54) is 4.90 Å². The number of amides is 2. The zero-order chi connectivity index (χ0) is 22.3. The summed E-state index contributed by atoms with van der Waals surface area (Å²) in [4.78, 5) is 39.4. The number of benzene rings is 1. The monoisotopic (exact) mass is 420 g/mol. The number of rotatable bonds is 6. The maximum atomic E-state index is 12.9. The van der Waals surface area contributed by atoms with Crippen LogP contribution >= 0.6 is 0 Å². The van der Waals surface area contributed by atoms with Crippen LogP contribution in [0.3, 0.4) is 0 Å². The van der Waals surface area contributed by atoms with E-state index in [-0.39, 0.29) is 25.7 Å². The van der Waals surface area contributed by atoms with Gasteiger partial charge in [-0.3, -0.25) is 9.69 Å². The van der Waals surface area contributed by atoms with Gasteiger partial charge in [0.25, 0.3) is 0 Å². The molecule has 30 heavy (non-hydrogen) atoms. The van der Waals surface area contributed by atoms with Gasteiger partial charge in [0.1, 0.15) is 24.3 Å². The van der Waals surface area contributed by atoms with E-state index in [0.29, 0.717) is 6.61 Å². The van der Waals surface area contributed by atoms with Crippen LogP contribution in [0.4, 0.5) is 4.79 Å². The Morgan fingerprint density at radius 3 is 2.47 bits per heavy atom. The van der Waals surface area contributed by atoms with Gasteiger partial charge in [-0.25, -0.2) is 9.59 Å². The highest BCUT2D eigenvalue weighted by Gasteiger charge is 2.37. The molecular weight excluding hydrogens is 388 g/mol. The van der Waals surface area contributed by atoms with Gasteiger partial charge in [-0.15, -0.1) is 0 Å². The summed E-state index contributed by atoms with van der Waals surface area (Å²) in [6.45, 7) is 9.63. The molecule has 1 N–H and O–H groups in total. The number of hydrogen-bond donors (Lipinski definition) is 1. The summed E-state index contributed by atoms with van der Waals surface area (Å²) in [6, 6.07) is 7.59. The van der Waals surface area contributed by atoms with Crippen LogP contribution in [0.5, 0.6) is 0 Å². The summed E-state index contributed by atoms with van der Waals surface area (Å²) in [5.74, 6) is -1.20. The molecule has 1 heterocycles. The minimum Gasteiger partial charge on any atom is -0.459 e. The molecule has 2 rings (SSSR count). The Labute approximate surface area is 177 Å². The fraction of sp³-hybridized carbons (Fsp3) is 0.591.